The maximum Gasteiger partial charge on any atom is 0.143 e. The Hall–Kier alpha value is -6.38. The van der Waals surface area contributed by atoms with Gasteiger partial charge in [-0.15, -0.1) is 0 Å². The molecule has 1 heterocycles. The third-order valence-electron chi connectivity index (χ3n) is 8.96. The average Bonchev–Trinajstić information content (AvgIpc) is 3.61. The second-order valence-corrected chi connectivity index (χ2v) is 11.8. The maximum atomic E-state index is 9.08. The van der Waals surface area contributed by atoms with E-state index in [1.807, 2.05) is 103 Å². The summed E-state index contributed by atoms with van der Waals surface area (Å²) < 4.78 is 50.3. The lowest BCUT2D eigenvalue weighted by atomic mass is 9.96. The van der Waals surface area contributed by atoms with Gasteiger partial charge in [-0.05, 0) is 81.7 Å². The fourth-order valence-electron chi connectivity index (χ4n) is 6.73. The van der Waals surface area contributed by atoms with Crippen LogP contribution in [0.3, 0.4) is 0 Å². The second kappa shape index (κ2) is 11.8. The molecular weight excluding hydrogens is 583 g/mol. The minimum absolute atomic E-state index is 0.0671. The number of nitrogens with zero attached hydrogens (tertiary/aromatic N) is 1. The number of furan rings is 1. The summed E-state index contributed by atoms with van der Waals surface area (Å²) in [5.74, 6) is 0. The first-order chi connectivity index (χ1) is 25.9. The van der Waals surface area contributed by atoms with Crippen LogP contribution < -0.4 is 4.90 Å². The van der Waals surface area contributed by atoms with E-state index < -0.39 is 18.1 Å². The van der Waals surface area contributed by atoms with Crippen LogP contribution in [-0.4, -0.2) is 0 Å². The van der Waals surface area contributed by atoms with Crippen molar-refractivity contribution >= 4 is 49.8 Å². The van der Waals surface area contributed by atoms with Crippen LogP contribution in [0, 0.1) is 0 Å². The molecule has 0 N–H and O–H groups in total. The Kier molecular flexibility index (Phi) is 5.64. The van der Waals surface area contributed by atoms with Crippen LogP contribution in [0.15, 0.2) is 192 Å². The molecule has 2 nitrogen and oxygen atoms in total. The molecule has 9 aromatic rings. The predicted molar refractivity (Wildman–Crippen MR) is 202 cm³/mol. The van der Waals surface area contributed by atoms with Gasteiger partial charge >= 0.3 is 0 Å². The Labute approximate surface area is 286 Å². The minimum Gasteiger partial charge on any atom is -0.455 e. The molecule has 0 bridgehead atoms. The summed E-state index contributed by atoms with van der Waals surface area (Å²) in [6.45, 7) is 0. The zero-order chi connectivity index (χ0) is 36.2. The molecule has 226 valence electrons. The Morgan fingerprint density at radius 1 is 0.458 bits per heavy atom. The van der Waals surface area contributed by atoms with E-state index in [1.165, 1.54) is 0 Å². The summed E-state index contributed by atoms with van der Waals surface area (Å²) >= 11 is 0. The van der Waals surface area contributed by atoms with E-state index in [0.29, 0.717) is 11.4 Å². The van der Waals surface area contributed by atoms with E-state index in [9.17, 15) is 0 Å². The lowest BCUT2D eigenvalue weighted by Gasteiger charge is -2.28. The van der Waals surface area contributed by atoms with Gasteiger partial charge in [-0.1, -0.05) is 139 Å². The molecule has 0 fully saturated rings. The Morgan fingerprint density at radius 3 is 1.96 bits per heavy atom. The highest BCUT2D eigenvalue weighted by Crippen LogP contribution is 2.45. The van der Waals surface area contributed by atoms with E-state index in [2.05, 4.69) is 54.6 Å². The van der Waals surface area contributed by atoms with Crippen molar-refractivity contribution in [1.29, 1.82) is 0 Å². The van der Waals surface area contributed by atoms with Crippen molar-refractivity contribution in [3.8, 4) is 33.4 Å². The van der Waals surface area contributed by atoms with Gasteiger partial charge in [0.2, 0.25) is 0 Å². The van der Waals surface area contributed by atoms with Gasteiger partial charge in [0, 0.05) is 33.1 Å². The predicted octanol–water partition coefficient (Wildman–Crippen LogP) is 13.2. The van der Waals surface area contributed by atoms with E-state index in [-0.39, 0.29) is 17.8 Å². The fraction of sp³-hybridized carbons (Fsp3) is 0. The van der Waals surface area contributed by atoms with Gasteiger partial charge in [0.1, 0.15) is 11.2 Å². The van der Waals surface area contributed by atoms with Crippen LogP contribution in [0.1, 0.15) is 6.85 Å². The Morgan fingerprint density at radius 2 is 1.12 bits per heavy atom. The Bertz CT molecular complexity index is 2820. The number of fused-ring (bicyclic) bond motifs is 5. The standard InChI is InChI=1S/C46H31NO/c1-3-13-32(14-4-1)35-16-11-17-36(31-35)33-25-28-38(29-26-33)47(37-18-5-2-6-19-37)43-23-10-9-21-40(43)41-22-12-24-44-45(41)42-30-27-34-15-7-8-20-39(34)46(42)48-44/h1-31H/i2D,5D,6D,18D,19D. The van der Waals surface area contributed by atoms with Crippen LogP contribution in [0.2, 0.25) is 0 Å². The van der Waals surface area contributed by atoms with Crippen molar-refractivity contribution < 1.29 is 11.3 Å². The lowest BCUT2D eigenvalue weighted by molar-refractivity contribution is 0.673. The van der Waals surface area contributed by atoms with Gasteiger partial charge in [-0.3, -0.25) is 0 Å². The van der Waals surface area contributed by atoms with Crippen LogP contribution in [0.5, 0.6) is 0 Å². The lowest BCUT2D eigenvalue weighted by Crippen LogP contribution is -2.11. The molecule has 0 atom stereocenters. The number of hydrogen-bond donors (Lipinski definition) is 0. The smallest absolute Gasteiger partial charge is 0.143 e. The zero-order valence-electron chi connectivity index (χ0n) is 30.9. The van der Waals surface area contributed by atoms with Crippen LogP contribution in [0.4, 0.5) is 17.1 Å². The molecule has 48 heavy (non-hydrogen) atoms. The van der Waals surface area contributed by atoms with Crippen LogP contribution in [-0.2, 0) is 0 Å². The zero-order valence-corrected chi connectivity index (χ0v) is 25.9. The van der Waals surface area contributed by atoms with Gasteiger partial charge in [0.15, 0.2) is 0 Å². The number of hydrogen-bond acceptors (Lipinski definition) is 2. The summed E-state index contributed by atoms with van der Waals surface area (Å²) in [4.78, 5) is 1.79. The molecule has 0 unspecified atom stereocenters. The molecule has 2 heteroatoms. The summed E-state index contributed by atoms with van der Waals surface area (Å²) in [5.41, 5.74) is 8.90. The van der Waals surface area contributed by atoms with E-state index in [4.69, 9.17) is 11.3 Å². The molecule has 0 amide bonds. The number of anilines is 3. The van der Waals surface area contributed by atoms with Gasteiger partial charge in [0.25, 0.3) is 0 Å². The first-order valence-electron chi connectivity index (χ1n) is 18.4. The molecule has 0 saturated carbocycles. The minimum atomic E-state index is -0.438. The van der Waals surface area contributed by atoms with Crippen LogP contribution >= 0.6 is 0 Å². The average molecular weight is 619 g/mol. The first kappa shape index (κ1) is 23.0. The third-order valence-corrected chi connectivity index (χ3v) is 8.96. The van der Waals surface area contributed by atoms with Gasteiger partial charge in [-0.2, -0.15) is 0 Å². The van der Waals surface area contributed by atoms with Crippen molar-refractivity contribution in [3.63, 3.8) is 0 Å². The molecule has 8 aromatic carbocycles. The van der Waals surface area contributed by atoms with E-state index in [1.54, 1.807) is 4.90 Å². The molecule has 0 aliphatic rings. The van der Waals surface area contributed by atoms with Crippen molar-refractivity contribution in [2.24, 2.45) is 0 Å². The van der Waals surface area contributed by atoms with Crippen molar-refractivity contribution in [2.75, 3.05) is 4.90 Å². The van der Waals surface area contributed by atoms with Gasteiger partial charge in [0.05, 0.1) is 12.5 Å². The van der Waals surface area contributed by atoms with E-state index in [0.717, 1.165) is 66.1 Å². The number of para-hydroxylation sites is 2. The summed E-state index contributed by atoms with van der Waals surface area (Å²) in [5, 5.41) is 4.02. The molecule has 0 radical (unpaired) electrons. The largest absolute Gasteiger partial charge is 0.455 e. The summed E-state index contributed by atoms with van der Waals surface area (Å²) in [6, 6.07) is 50.9. The van der Waals surface area contributed by atoms with Crippen molar-refractivity contribution in [1.82, 2.24) is 0 Å². The third kappa shape index (κ3) is 4.83. The van der Waals surface area contributed by atoms with Crippen LogP contribution in [0.25, 0.3) is 66.1 Å². The Balaban J connectivity index is 1.25. The molecule has 9 rings (SSSR count). The SMILES string of the molecule is [2H]c1c([2H])c([2H])c(N(c2ccc(-c3cccc(-c4ccccc4)c3)cc2)c2ccccc2-c2cccc3oc4c5ccccc5ccc4c23)c([2H])c1[2H]. The topological polar surface area (TPSA) is 16.4 Å². The van der Waals surface area contributed by atoms with E-state index >= 15 is 0 Å². The summed E-state index contributed by atoms with van der Waals surface area (Å²) in [7, 11) is 0. The van der Waals surface area contributed by atoms with Gasteiger partial charge in [-0.25, -0.2) is 0 Å². The highest BCUT2D eigenvalue weighted by Gasteiger charge is 2.20. The monoisotopic (exact) mass is 618 g/mol. The normalized spacial score (nSPS) is 12.8. The fourth-order valence-corrected chi connectivity index (χ4v) is 6.73. The van der Waals surface area contributed by atoms with Crippen molar-refractivity contribution in [3.05, 3.63) is 188 Å². The second-order valence-electron chi connectivity index (χ2n) is 11.8. The first-order valence-corrected chi connectivity index (χ1v) is 15.9. The highest BCUT2D eigenvalue weighted by atomic mass is 16.3. The molecule has 0 aliphatic heterocycles. The quantitative estimate of drug-likeness (QED) is 0.184. The number of rotatable bonds is 6. The highest BCUT2D eigenvalue weighted by molar-refractivity contribution is 6.19. The summed E-state index contributed by atoms with van der Waals surface area (Å²) in [6.07, 6.45) is 0. The molecule has 0 aliphatic carbocycles. The molecular formula is C46H31NO. The molecule has 1 aromatic heterocycles. The molecule has 0 saturated heterocycles. The van der Waals surface area contributed by atoms with Crippen molar-refractivity contribution in [2.45, 2.75) is 0 Å². The van der Waals surface area contributed by atoms with Gasteiger partial charge < -0.3 is 9.32 Å². The molecule has 0 spiro atoms. The maximum absolute atomic E-state index is 9.08. The number of benzene rings is 8.